The van der Waals surface area contributed by atoms with Crippen LogP contribution in [0.25, 0.3) is 10.4 Å². The van der Waals surface area contributed by atoms with Crippen LogP contribution in [0.15, 0.2) is 23.6 Å². The molecule has 0 bridgehead atoms. The van der Waals surface area contributed by atoms with E-state index in [9.17, 15) is 5.26 Å². The van der Waals surface area contributed by atoms with Gasteiger partial charge in [-0.25, -0.2) is 0 Å². The van der Waals surface area contributed by atoms with E-state index >= 15 is 0 Å². The Balaban J connectivity index is 2.04. The minimum atomic E-state index is 0.620. The normalized spacial score (nSPS) is 13.4. The van der Waals surface area contributed by atoms with Gasteiger partial charge in [-0.2, -0.15) is 5.26 Å². The second-order valence-electron chi connectivity index (χ2n) is 5.91. The lowest BCUT2D eigenvalue weighted by Gasteiger charge is -2.14. The van der Waals surface area contributed by atoms with Gasteiger partial charge in [-0.3, -0.25) is 0 Å². The van der Waals surface area contributed by atoms with Crippen molar-refractivity contribution in [3.8, 4) is 16.5 Å². The van der Waals surface area contributed by atoms with E-state index in [1.54, 1.807) is 11.3 Å². The molecule has 1 aromatic carbocycles. The number of fused-ring (bicyclic) bond motifs is 1. The Labute approximate surface area is 135 Å². The Morgan fingerprint density at radius 2 is 2.23 bits per heavy atom. The van der Waals surface area contributed by atoms with Gasteiger partial charge in [0.25, 0.3) is 0 Å². The lowest BCUT2D eigenvalue weighted by atomic mass is 9.90. The van der Waals surface area contributed by atoms with Gasteiger partial charge in [0.1, 0.15) is 6.07 Å². The topological polar surface area (TPSA) is 36.3 Å². The van der Waals surface area contributed by atoms with Crippen LogP contribution in [0.2, 0.25) is 0 Å². The van der Waals surface area contributed by atoms with Crippen LogP contribution in [0, 0.1) is 11.3 Å². The van der Waals surface area contributed by atoms with Gasteiger partial charge in [0, 0.05) is 10.4 Å². The highest BCUT2D eigenvalue weighted by Gasteiger charge is 2.23. The number of hydrogen-bond acceptors (Lipinski definition) is 4. The van der Waals surface area contributed by atoms with Gasteiger partial charge < -0.3 is 9.64 Å². The molecule has 0 saturated heterocycles. The first kappa shape index (κ1) is 15.2. The van der Waals surface area contributed by atoms with Crippen molar-refractivity contribution >= 4 is 11.3 Å². The van der Waals surface area contributed by atoms with Gasteiger partial charge in [-0.1, -0.05) is 12.1 Å². The minimum Gasteiger partial charge on any atom is -0.372 e. The Kier molecular flexibility index (Phi) is 4.58. The van der Waals surface area contributed by atoms with Gasteiger partial charge in [0.05, 0.1) is 18.8 Å². The average molecular weight is 312 g/mol. The van der Waals surface area contributed by atoms with Crippen molar-refractivity contribution in [2.24, 2.45) is 0 Å². The fourth-order valence-corrected chi connectivity index (χ4v) is 3.81. The molecule has 3 rings (SSSR count). The fraction of sp³-hybridized carbons (Fsp3) is 0.389. The van der Waals surface area contributed by atoms with Gasteiger partial charge in [0.2, 0.25) is 0 Å². The molecule has 0 atom stereocenters. The molecule has 2 aromatic rings. The molecule has 1 aliphatic rings. The Hall–Kier alpha value is -1.67. The molecular formula is C18H20N2OS. The van der Waals surface area contributed by atoms with Gasteiger partial charge >= 0.3 is 0 Å². The first-order valence-electron chi connectivity index (χ1n) is 7.54. The smallest absolute Gasteiger partial charge is 0.100 e. The zero-order valence-electron chi connectivity index (χ0n) is 13.1. The zero-order chi connectivity index (χ0) is 15.5. The molecule has 0 fully saturated rings. The van der Waals surface area contributed by atoms with Crippen LogP contribution in [-0.4, -0.2) is 25.5 Å². The molecule has 1 aromatic heterocycles. The van der Waals surface area contributed by atoms with E-state index in [1.165, 1.54) is 16.0 Å². The summed E-state index contributed by atoms with van der Waals surface area (Å²) in [5.41, 5.74) is 5.56. The third kappa shape index (κ3) is 2.93. The lowest BCUT2D eigenvalue weighted by molar-refractivity contribution is 0.134. The number of benzene rings is 1. The maximum Gasteiger partial charge on any atom is 0.100 e. The summed E-state index contributed by atoms with van der Waals surface area (Å²) in [4.78, 5) is 3.36. The summed E-state index contributed by atoms with van der Waals surface area (Å²) in [6.45, 7) is 2.32. The molecule has 3 nitrogen and oxygen atoms in total. The van der Waals surface area contributed by atoms with Gasteiger partial charge in [-0.05, 0) is 61.6 Å². The first-order valence-corrected chi connectivity index (χ1v) is 8.42. The molecular weight excluding hydrogens is 292 g/mol. The number of ether oxygens (including phenoxy) is 1. The number of aryl methyl sites for hydroxylation is 1. The maximum atomic E-state index is 9.74. The second kappa shape index (κ2) is 6.62. The Morgan fingerprint density at radius 1 is 1.36 bits per heavy atom. The predicted molar refractivity (Wildman–Crippen MR) is 89.8 cm³/mol. The van der Waals surface area contributed by atoms with Crippen LogP contribution in [0.4, 0.5) is 0 Å². The third-order valence-corrected chi connectivity index (χ3v) is 4.93. The number of hydrogen-bond donors (Lipinski definition) is 0. The highest BCUT2D eigenvalue weighted by molar-refractivity contribution is 7.13. The lowest BCUT2D eigenvalue weighted by Crippen LogP contribution is -2.14. The van der Waals surface area contributed by atoms with Crippen molar-refractivity contribution in [2.45, 2.75) is 26.1 Å². The highest BCUT2D eigenvalue weighted by atomic mass is 32.1. The molecule has 0 aliphatic carbocycles. The van der Waals surface area contributed by atoms with Crippen LogP contribution in [0.5, 0.6) is 0 Å². The fourth-order valence-electron chi connectivity index (χ4n) is 3.00. The third-order valence-electron chi connectivity index (χ3n) is 4.04. The van der Waals surface area contributed by atoms with E-state index in [1.807, 2.05) is 6.07 Å². The minimum absolute atomic E-state index is 0.620. The molecule has 0 N–H and O–H groups in total. The SMILES string of the molecule is CN(C)CCCc1cc2c(c(-c3cccs3)c1C#N)COC2. The molecule has 4 heteroatoms. The molecule has 1 aliphatic heterocycles. The number of thiophene rings is 1. The van der Waals surface area contributed by atoms with Crippen molar-refractivity contribution in [1.29, 1.82) is 5.26 Å². The Morgan fingerprint density at radius 3 is 2.91 bits per heavy atom. The van der Waals surface area contributed by atoms with Crippen molar-refractivity contribution in [3.63, 3.8) is 0 Å². The molecule has 0 saturated carbocycles. The second-order valence-corrected chi connectivity index (χ2v) is 6.86. The summed E-state index contributed by atoms with van der Waals surface area (Å²) in [5, 5.41) is 11.8. The number of nitriles is 1. The number of rotatable bonds is 5. The Bertz CT molecular complexity index is 699. The van der Waals surface area contributed by atoms with Crippen LogP contribution >= 0.6 is 11.3 Å². The van der Waals surface area contributed by atoms with Crippen LogP contribution < -0.4 is 0 Å². The monoisotopic (exact) mass is 312 g/mol. The van der Waals surface area contributed by atoms with E-state index in [4.69, 9.17) is 4.74 Å². The van der Waals surface area contributed by atoms with Crippen molar-refractivity contribution in [3.05, 3.63) is 45.8 Å². The average Bonchev–Trinajstić information content (AvgIpc) is 3.16. The van der Waals surface area contributed by atoms with E-state index in [0.29, 0.717) is 13.2 Å². The standard InChI is InChI=1S/C18H20N2OS/c1-20(2)7-3-5-13-9-14-11-21-12-16(14)18(15(13)10-19)17-6-4-8-22-17/h4,6,8-9H,3,5,7,11-12H2,1-2H3. The molecule has 2 heterocycles. The summed E-state index contributed by atoms with van der Waals surface area (Å²) in [7, 11) is 4.16. The largest absolute Gasteiger partial charge is 0.372 e. The predicted octanol–water partition coefficient (Wildman–Crippen LogP) is 3.81. The molecule has 114 valence electrons. The summed E-state index contributed by atoms with van der Waals surface area (Å²) >= 11 is 1.69. The molecule has 0 unspecified atom stereocenters. The molecule has 0 spiro atoms. The van der Waals surface area contributed by atoms with Crippen LogP contribution in [0.1, 0.15) is 28.7 Å². The summed E-state index contributed by atoms with van der Waals surface area (Å²) in [6.07, 6.45) is 2.00. The van der Waals surface area contributed by atoms with Gasteiger partial charge in [0.15, 0.2) is 0 Å². The zero-order valence-corrected chi connectivity index (χ0v) is 13.9. The van der Waals surface area contributed by atoms with Crippen molar-refractivity contribution in [1.82, 2.24) is 4.90 Å². The quantitative estimate of drug-likeness (QED) is 0.842. The first-order chi connectivity index (χ1) is 10.7. The van der Waals surface area contributed by atoms with Crippen LogP contribution in [0.3, 0.4) is 0 Å². The summed E-state index contributed by atoms with van der Waals surface area (Å²) in [6, 6.07) is 8.79. The van der Waals surface area contributed by atoms with E-state index in [2.05, 4.69) is 42.6 Å². The van der Waals surface area contributed by atoms with Crippen molar-refractivity contribution in [2.75, 3.05) is 20.6 Å². The maximum absolute atomic E-state index is 9.74. The van der Waals surface area contributed by atoms with E-state index in [-0.39, 0.29) is 0 Å². The molecule has 0 radical (unpaired) electrons. The number of nitrogens with zero attached hydrogens (tertiary/aromatic N) is 2. The highest BCUT2D eigenvalue weighted by Crippen LogP contribution is 2.38. The molecule has 0 amide bonds. The van der Waals surface area contributed by atoms with Gasteiger partial charge in [-0.15, -0.1) is 11.3 Å². The van der Waals surface area contributed by atoms with E-state index in [0.717, 1.165) is 36.1 Å². The summed E-state index contributed by atoms with van der Waals surface area (Å²) in [5.74, 6) is 0. The summed E-state index contributed by atoms with van der Waals surface area (Å²) < 4.78 is 5.64. The molecule has 22 heavy (non-hydrogen) atoms. The van der Waals surface area contributed by atoms with Crippen molar-refractivity contribution < 1.29 is 4.74 Å². The van der Waals surface area contributed by atoms with E-state index < -0.39 is 0 Å². The van der Waals surface area contributed by atoms with Crippen LogP contribution in [-0.2, 0) is 24.4 Å².